The molecule has 0 saturated carbocycles. The van der Waals surface area contributed by atoms with E-state index in [4.69, 9.17) is 5.73 Å². The van der Waals surface area contributed by atoms with Gasteiger partial charge in [-0.3, -0.25) is 0 Å². The molecule has 0 aliphatic rings. The number of hydrogen-bond acceptors (Lipinski definition) is 2. The van der Waals surface area contributed by atoms with Gasteiger partial charge in [0.15, 0.2) is 0 Å². The first kappa shape index (κ1) is 9.63. The number of nitrogen functional groups attached to an aromatic ring is 1. The molecule has 0 bridgehead atoms. The maximum atomic E-state index is 9.34. The van der Waals surface area contributed by atoms with Crippen LogP contribution in [-0.4, -0.2) is 10.7 Å². The molecule has 2 heteroatoms. The second-order valence-corrected chi connectivity index (χ2v) is 3.43. The number of aliphatic hydroxyl groups is 1. The van der Waals surface area contributed by atoms with Gasteiger partial charge in [-0.25, -0.2) is 0 Å². The third kappa shape index (κ3) is 3.64. The first-order valence-electron chi connectivity index (χ1n) is 4.08. The molecule has 0 heterocycles. The highest BCUT2D eigenvalue weighted by atomic mass is 16.3. The highest BCUT2D eigenvalue weighted by Gasteiger charge is 2.05. The van der Waals surface area contributed by atoms with Crippen LogP contribution in [0.1, 0.15) is 19.4 Å². The average molecular weight is 175 g/mol. The maximum absolute atomic E-state index is 9.34. The largest absolute Gasteiger partial charge is 0.399 e. The molecule has 0 aliphatic heterocycles. The number of anilines is 1. The zero-order chi connectivity index (χ0) is 9.90. The monoisotopic (exact) mass is 175 g/mol. The zero-order valence-corrected chi connectivity index (χ0v) is 7.83. The van der Waals surface area contributed by atoms with Crippen LogP contribution >= 0.6 is 0 Å². The second kappa shape index (κ2) is 3.51. The molecule has 1 aromatic rings. The SMILES string of the molecule is CC(C)(O)C#Cc1ccc(N)cc1. The van der Waals surface area contributed by atoms with E-state index in [0.717, 1.165) is 5.56 Å². The lowest BCUT2D eigenvalue weighted by molar-refractivity contribution is 0.143. The lowest BCUT2D eigenvalue weighted by Gasteiger charge is -2.05. The van der Waals surface area contributed by atoms with Gasteiger partial charge in [0.05, 0.1) is 0 Å². The van der Waals surface area contributed by atoms with E-state index in [1.54, 1.807) is 26.0 Å². The van der Waals surface area contributed by atoms with Crippen molar-refractivity contribution in [1.82, 2.24) is 0 Å². The average Bonchev–Trinajstić information content (AvgIpc) is 2.02. The predicted molar refractivity (Wildman–Crippen MR) is 54.0 cm³/mol. The lowest BCUT2D eigenvalue weighted by Crippen LogP contribution is -2.14. The Morgan fingerprint density at radius 2 is 1.77 bits per heavy atom. The number of rotatable bonds is 0. The van der Waals surface area contributed by atoms with E-state index in [-0.39, 0.29) is 0 Å². The van der Waals surface area contributed by atoms with E-state index < -0.39 is 5.60 Å². The summed E-state index contributed by atoms with van der Waals surface area (Å²) in [6.07, 6.45) is 0. The lowest BCUT2D eigenvalue weighted by atomic mass is 10.1. The van der Waals surface area contributed by atoms with Crippen LogP contribution in [-0.2, 0) is 0 Å². The molecular weight excluding hydrogens is 162 g/mol. The van der Waals surface area contributed by atoms with E-state index in [0.29, 0.717) is 5.69 Å². The smallest absolute Gasteiger partial charge is 0.120 e. The molecule has 3 N–H and O–H groups in total. The standard InChI is InChI=1S/C11H13NO/c1-11(2,13)8-7-9-3-5-10(12)6-4-9/h3-6,13H,12H2,1-2H3. The molecule has 0 amide bonds. The summed E-state index contributed by atoms with van der Waals surface area (Å²) in [5, 5.41) is 9.34. The molecule has 13 heavy (non-hydrogen) atoms. The van der Waals surface area contributed by atoms with E-state index in [2.05, 4.69) is 11.8 Å². The van der Waals surface area contributed by atoms with Gasteiger partial charge in [0.2, 0.25) is 0 Å². The van der Waals surface area contributed by atoms with Gasteiger partial charge in [0, 0.05) is 11.3 Å². The van der Waals surface area contributed by atoms with E-state index in [9.17, 15) is 5.11 Å². The molecule has 0 spiro atoms. The van der Waals surface area contributed by atoms with Crippen molar-refractivity contribution in [3.8, 4) is 11.8 Å². The van der Waals surface area contributed by atoms with E-state index in [1.807, 2.05) is 12.1 Å². The van der Waals surface area contributed by atoms with Crippen molar-refractivity contribution in [1.29, 1.82) is 0 Å². The maximum Gasteiger partial charge on any atom is 0.120 e. The number of hydrogen-bond donors (Lipinski definition) is 2. The number of nitrogens with two attached hydrogens (primary N) is 1. The minimum absolute atomic E-state index is 0.716. The molecule has 2 nitrogen and oxygen atoms in total. The summed E-state index contributed by atoms with van der Waals surface area (Å²) in [5.74, 6) is 5.58. The molecule has 0 unspecified atom stereocenters. The zero-order valence-electron chi connectivity index (χ0n) is 7.83. The molecule has 68 valence electrons. The van der Waals surface area contributed by atoms with Gasteiger partial charge in [-0.05, 0) is 38.1 Å². The summed E-state index contributed by atoms with van der Waals surface area (Å²) in [4.78, 5) is 0. The van der Waals surface area contributed by atoms with Crippen molar-refractivity contribution in [3.63, 3.8) is 0 Å². The Labute approximate surface area is 78.4 Å². The van der Waals surface area contributed by atoms with Gasteiger partial charge in [0.25, 0.3) is 0 Å². The molecule has 0 saturated heterocycles. The van der Waals surface area contributed by atoms with Crippen molar-refractivity contribution in [2.75, 3.05) is 5.73 Å². The van der Waals surface area contributed by atoms with Crippen LogP contribution in [0.5, 0.6) is 0 Å². The first-order chi connectivity index (χ1) is 5.97. The van der Waals surface area contributed by atoms with Crippen LogP contribution in [0.4, 0.5) is 5.69 Å². The molecule has 1 aromatic carbocycles. The van der Waals surface area contributed by atoms with Gasteiger partial charge >= 0.3 is 0 Å². The van der Waals surface area contributed by atoms with Gasteiger partial charge in [-0.1, -0.05) is 11.8 Å². The van der Waals surface area contributed by atoms with Crippen LogP contribution in [0, 0.1) is 11.8 Å². The van der Waals surface area contributed by atoms with Crippen molar-refractivity contribution >= 4 is 5.69 Å². The minimum Gasteiger partial charge on any atom is -0.399 e. The summed E-state index contributed by atoms with van der Waals surface area (Å²) in [6.45, 7) is 3.30. The molecule has 0 aliphatic carbocycles. The van der Waals surface area contributed by atoms with E-state index in [1.165, 1.54) is 0 Å². The van der Waals surface area contributed by atoms with Gasteiger partial charge < -0.3 is 10.8 Å². The minimum atomic E-state index is -0.943. The Balaban J connectivity index is 2.85. The van der Waals surface area contributed by atoms with E-state index >= 15 is 0 Å². The molecule has 0 atom stereocenters. The third-order valence-corrected chi connectivity index (χ3v) is 1.42. The van der Waals surface area contributed by atoms with Crippen molar-refractivity contribution in [3.05, 3.63) is 29.8 Å². The fourth-order valence-electron chi connectivity index (χ4n) is 0.792. The number of benzene rings is 1. The fourth-order valence-corrected chi connectivity index (χ4v) is 0.792. The Morgan fingerprint density at radius 1 is 1.23 bits per heavy atom. The molecule has 0 fully saturated rings. The predicted octanol–water partition coefficient (Wildman–Crippen LogP) is 1.39. The third-order valence-electron chi connectivity index (χ3n) is 1.42. The van der Waals surface area contributed by atoms with Crippen LogP contribution in [0.3, 0.4) is 0 Å². The van der Waals surface area contributed by atoms with Crippen LogP contribution in [0.25, 0.3) is 0 Å². The Kier molecular flexibility index (Phi) is 2.60. The highest BCUT2D eigenvalue weighted by molar-refractivity contribution is 5.45. The Hall–Kier alpha value is -1.46. The molecule has 1 rings (SSSR count). The summed E-state index contributed by atoms with van der Waals surface area (Å²) >= 11 is 0. The van der Waals surface area contributed by atoms with Gasteiger partial charge in [0.1, 0.15) is 5.60 Å². The van der Waals surface area contributed by atoms with Crippen LogP contribution < -0.4 is 5.73 Å². The van der Waals surface area contributed by atoms with Crippen LogP contribution in [0.15, 0.2) is 24.3 Å². The second-order valence-electron chi connectivity index (χ2n) is 3.43. The Bertz CT molecular complexity index is 335. The van der Waals surface area contributed by atoms with Crippen molar-refractivity contribution < 1.29 is 5.11 Å². The molecule has 0 radical (unpaired) electrons. The molecular formula is C11H13NO. The summed E-state index contributed by atoms with van der Waals surface area (Å²) in [6, 6.07) is 7.23. The first-order valence-corrected chi connectivity index (χ1v) is 4.08. The quantitative estimate of drug-likeness (QED) is 0.462. The summed E-state index contributed by atoms with van der Waals surface area (Å²) in [5.41, 5.74) is 6.14. The summed E-state index contributed by atoms with van der Waals surface area (Å²) in [7, 11) is 0. The van der Waals surface area contributed by atoms with Gasteiger partial charge in [-0.2, -0.15) is 0 Å². The van der Waals surface area contributed by atoms with Crippen LogP contribution in [0.2, 0.25) is 0 Å². The molecule has 0 aromatic heterocycles. The van der Waals surface area contributed by atoms with Crippen molar-refractivity contribution in [2.45, 2.75) is 19.4 Å². The fraction of sp³-hybridized carbons (Fsp3) is 0.273. The topological polar surface area (TPSA) is 46.2 Å². The summed E-state index contributed by atoms with van der Waals surface area (Å²) < 4.78 is 0. The highest BCUT2D eigenvalue weighted by Crippen LogP contribution is 2.05. The Morgan fingerprint density at radius 3 is 2.23 bits per heavy atom. The van der Waals surface area contributed by atoms with Gasteiger partial charge in [-0.15, -0.1) is 0 Å². The normalized spacial score (nSPS) is 10.4. The van der Waals surface area contributed by atoms with Crippen molar-refractivity contribution in [2.24, 2.45) is 0 Å².